The molecule has 2 fully saturated rings. The Morgan fingerprint density at radius 3 is 3.00 bits per heavy atom. The number of nitrogens with zero attached hydrogens (tertiary/aromatic N) is 2. The van der Waals surface area contributed by atoms with Gasteiger partial charge in [-0.2, -0.15) is 5.10 Å². The predicted octanol–water partition coefficient (Wildman–Crippen LogP) is -0.0416. The largest absolute Gasteiger partial charge is 0.396 e. The van der Waals surface area contributed by atoms with Gasteiger partial charge in [0.05, 0.1) is 11.9 Å². The number of carbonyl (C=O) groups is 1. The quantitative estimate of drug-likeness (QED) is 0.686. The van der Waals surface area contributed by atoms with Gasteiger partial charge in [0.1, 0.15) is 5.69 Å². The smallest absolute Gasteiger partial charge is 0.271 e. The van der Waals surface area contributed by atoms with Gasteiger partial charge in [-0.1, -0.05) is 0 Å². The fourth-order valence-electron chi connectivity index (χ4n) is 2.41. The van der Waals surface area contributed by atoms with Crippen LogP contribution in [0.15, 0.2) is 6.20 Å². The summed E-state index contributed by atoms with van der Waals surface area (Å²) >= 11 is 0. The molecule has 17 heavy (non-hydrogen) atoms. The number of anilines is 1. The molecule has 3 rings (SSSR count). The highest BCUT2D eigenvalue weighted by Crippen LogP contribution is 2.29. The van der Waals surface area contributed by atoms with Crippen molar-refractivity contribution >= 4 is 11.6 Å². The average molecular weight is 235 g/mol. The number of carbonyl (C=O) groups excluding carboxylic acids is 1. The van der Waals surface area contributed by atoms with Crippen molar-refractivity contribution < 1.29 is 4.79 Å². The fourth-order valence-corrected chi connectivity index (χ4v) is 2.41. The monoisotopic (exact) mass is 235 g/mol. The number of hydrogen-bond donors (Lipinski definition) is 3. The highest BCUT2D eigenvalue weighted by atomic mass is 16.2. The Morgan fingerprint density at radius 2 is 2.35 bits per heavy atom. The van der Waals surface area contributed by atoms with Gasteiger partial charge in [-0.3, -0.25) is 14.8 Å². The van der Waals surface area contributed by atoms with Crippen LogP contribution in [0, 0.1) is 0 Å². The Morgan fingerprint density at radius 1 is 1.53 bits per heavy atom. The van der Waals surface area contributed by atoms with E-state index in [-0.39, 0.29) is 11.9 Å². The second-order valence-electron chi connectivity index (χ2n) is 4.89. The van der Waals surface area contributed by atoms with Crippen LogP contribution < -0.4 is 11.1 Å². The normalized spacial score (nSPS) is 25.1. The van der Waals surface area contributed by atoms with E-state index in [1.807, 2.05) is 0 Å². The summed E-state index contributed by atoms with van der Waals surface area (Å²) in [7, 11) is 0. The van der Waals surface area contributed by atoms with Crippen LogP contribution in [0.4, 0.5) is 5.69 Å². The summed E-state index contributed by atoms with van der Waals surface area (Å²) in [6, 6.07) is 1.01. The highest BCUT2D eigenvalue weighted by molar-refractivity contribution is 5.97. The highest BCUT2D eigenvalue weighted by Gasteiger charge is 2.35. The van der Waals surface area contributed by atoms with E-state index in [0.29, 0.717) is 11.4 Å². The van der Waals surface area contributed by atoms with Gasteiger partial charge in [-0.05, 0) is 19.3 Å². The molecule has 1 aliphatic carbocycles. The summed E-state index contributed by atoms with van der Waals surface area (Å²) in [6.45, 7) is 2.05. The van der Waals surface area contributed by atoms with Gasteiger partial charge < -0.3 is 11.1 Å². The third-order valence-corrected chi connectivity index (χ3v) is 3.51. The van der Waals surface area contributed by atoms with Crippen LogP contribution >= 0.6 is 0 Å². The number of aromatic amines is 1. The van der Waals surface area contributed by atoms with Gasteiger partial charge in [-0.25, -0.2) is 0 Å². The number of H-pyrrole nitrogens is 1. The van der Waals surface area contributed by atoms with Crippen molar-refractivity contribution in [3.8, 4) is 0 Å². The molecule has 4 N–H and O–H groups in total. The van der Waals surface area contributed by atoms with Gasteiger partial charge >= 0.3 is 0 Å². The molecule has 1 aromatic rings. The number of amides is 1. The Labute approximate surface area is 99.5 Å². The van der Waals surface area contributed by atoms with Crippen LogP contribution in [0.1, 0.15) is 29.8 Å². The van der Waals surface area contributed by atoms with E-state index < -0.39 is 0 Å². The second kappa shape index (κ2) is 4.03. The molecule has 1 saturated heterocycles. The van der Waals surface area contributed by atoms with E-state index >= 15 is 0 Å². The molecule has 6 nitrogen and oxygen atoms in total. The van der Waals surface area contributed by atoms with Crippen molar-refractivity contribution in [1.82, 2.24) is 20.4 Å². The van der Waals surface area contributed by atoms with Crippen molar-refractivity contribution in [2.75, 3.05) is 18.8 Å². The lowest BCUT2D eigenvalue weighted by Crippen LogP contribution is -2.37. The molecule has 1 aromatic heterocycles. The third kappa shape index (κ3) is 2.12. The number of nitrogens with one attached hydrogen (secondary N) is 2. The molecule has 1 saturated carbocycles. The SMILES string of the molecule is Nc1cn[nH]c1C(=O)NC1CCN(C2CC2)C1. The van der Waals surface area contributed by atoms with Crippen molar-refractivity contribution in [3.05, 3.63) is 11.9 Å². The molecule has 1 amide bonds. The third-order valence-electron chi connectivity index (χ3n) is 3.51. The maximum Gasteiger partial charge on any atom is 0.271 e. The first-order chi connectivity index (χ1) is 8.24. The van der Waals surface area contributed by atoms with E-state index in [9.17, 15) is 4.79 Å². The summed E-state index contributed by atoms with van der Waals surface area (Å²) in [6.07, 6.45) is 5.11. The topological polar surface area (TPSA) is 87.0 Å². The zero-order chi connectivity index (χ0) is 11.8. The predicted molar refractivity (Wildman–Crippen MR) is 63.5 cm³/mol. The molecule has 2 heterocycles. The van der Waals surface area contributed by atoms with Crippen LogP contribution in [0.3, 0.4) is 0 Å². The van der Waals surface area contributed by atoms with Gasteiger partial charge in [0, 0.05) is 25.2 Å². The van der Waals surface area contributed by atoms with E-state index in [2.05, 4.69) is 20.4 Å². The molecule has 0 spiro atoms. The van der Waals surface area contributed by atoms with Gasteiger partial charge in [0.2, 0.25) is 0 Å². The first-order valence-electron chi connectivity index (χ1n) is 6.08. The van der Waals surface area contributed by atoms with Crippen LogP contribution in [0.2, 0.25) is 0 Å². The minimum atomic E-state index is -0.150. The van der Waals surface area contributed by atoms with Gasteiger partial charge in [0.15, 0.2) is 0 Å². The summed E-state index contributed by atoms with van der Waals surface area (Å²) in [5.41, 5.74) is 6.41. The zero-order valence-electron chi connectivity index (χ0n) is 9.65. The second-order valence-corrected chi connectivity index (χ2v) is 4.89. The Hall–Kier alpha value is -1.56. The van der Waals surface area contributed by atoms with Crippen LogP contribution in [-0.4, -0.2) is 46.2 Å². The molecule has 2 aliphatic rings. The van der Waals surface area contributed by atoms with Crippen molar-refractivity contribution in [3.63, 3.8) is 0 Å². The standard InChI is InChI=1S/C11H17N5O/c12-9-5-13-15-10(9)11(17)14-7-3-4-16(6-7)8-1-2-8/h5,7-8H,1-4,6,12H2,(H,13,15)(H,14,17). The van der Waals surface area contributed by atoms with E-state index in [1.54, 1.807) is 0 Å². The van der Waals surface area contributed by atoms with Crippen molar-refractivity contribution in [2.45, 2.75) is 31.3 Å². The lowest BCUT2D eigenvalue weighted by Gasteiger charge is -2.15. The van der Waals surface area contributed by atoms with E-state index in [0.717, 1.165) is 25.6 Å². The maximum atomic E-state index is 11.9. The molecule has 92 valence electrons. The average Bonchev–Trinajstić information content (AvgIpc) is 2.90. The number of aromatic nitrogens is 2. The molecule has 0 aromatic carbocycles. The van der Waals surface area contributed by atoms with Crippen molar-refractivity contribution in [2.24, 2.45) is 0 Å². The van der Waals surface area contributed by atoms with Gasteiger partial charge in [-0.15, -0.1) is 0 Å². The molecular formula is C11H17N5O. The summed E-state index contributed by atoms with van der Waals surface area (Å²) in [5.74, 6) is -0.150. The lowest BCUT2D eigenvalue weighted by atomic mass is 10.2. The Kier molecular flexibility index (Phi) is 2.51. The first-order valence-corrected chi connectivity index (χ1v) is 6.08. The molecule has 1 aliphatic heterocycles. The minimum Gasteiger partial charge on any atom is -0.396 e. The summed E-state index contributed by atoms with van der Waals surface area (Å²) < 4.78 is 0. The van der Waals surface area contributed by atoms with E-state index in [4.69, 9.17) is 5.73 Å². The molecule has 0 radical (unpaired) electrons. The molecule has 1 unspecified atom stereocenters. The van der Waals surface area contributed by atoms with E-state index in [1.165, 1.54) is 19.0 Å². The Bertz CT molecular complexity index is 425. The summed E-state index contributed by atoms with van der Waals surface area (Å²) in [4.78, 5) is 14.4. The molecule has 6 heteroatoms. The fraction of sp³-hybridized carbons (Fsp3) is 0.636. The number of nitrogen functional groups attached to an aromatic ring is 1. The number of hydrogen-bond acceptors (Lipinski definition) is 4. The van der Waals surface area contributed by atoms with Crippen molar-refractivity contribution in [1.29, 1.82) is 0 Å². The maximum absolute atomic E-state index is 11.9. The van der Waals surface area contributed by atoms with Gasteiger partial charge in [0.25, 0.3) is 5.91 Å². The number of likely N-dealkylation sites (tertiary alicyclic amines) is 1. The molecule has 1 atom stereocenters. The molecule has 0 bridgehead atoms. The number of nitrogens with two attached hydrogens (primary N) is 1. The van der Waals surface area contributed by atoms with Crippen LogP contribution in [0.5, 0.6) is 0 Å². The minimum absolute atomic E-state index is 0.150. The molecular weight excluding hydrogens is 218 g/mol. The van der Waals surface area contributed by atoms with Crippen LogP contribution in [0.25, 0.3) is 0 Å². The zero-order valence-corrected chi connectivity index (χ0v) is 9.65. The first kappa shape index (κ1) is 10.6. The summed E-state index contributed by atoms with van der Waals surface area (Å²) in [5, 5.41) is 9.38. The lowest BCUT2D eigenvalue weighted by molar-refractivity contribution is 0.0933. The Balaban J connectivity index is 1.57. The van der Waals surface area contributed by atoms with Crippen LogP contribution in [-0.2, 0) is 0 Å². The number of rotatable bonds is 3.